The van der Waals surface area contributed by atoms with Gasteiger partial charge in [0.2, 0.25) is 12.0 Å². The van der Waals surface area contributed by atoms with Crippen LogP contribution in [-0.2, 0) is 15.3 Å². The van der Waals surface area contributed by atoms with Gasteiger partial charge in [-0.25, -0.2) is 18.6 Å². The molecule has 0 spiro atoms. The Morgan fingerprint density at radius 1 is 1.32 bits per heavy atom. The Bertz CT molecular complexity index is 975. The molecular weight excluding hydrogens is 560 g/mol. The molecule has 2 unspecified atom stereocenters. The van der Waals surface area contributed by atoms with Crippen molar-refractivity contribution in [2.24, 2.45) is 0 Å². The van der Waals surface area contributed by atoms with E-state index in [4.69, 9.17) is 13.7 Å². The third kappa shape index (κ3) is 5.40. The van der Waals surface area contributed by atoms with E-state index in [0.717, 1.165) is 6.07 Å². The van der Waals surface area contributed by atoms with Gasteiger partial charge in [0.15, 0.2) is 5.69 Å². The van der Waals surface area contributed by atoms with Crippen LogP contribution in [-0.4, -0.2) is 35.9 Å². The number of nitrogens with zero attached hydrogens (tertiary/aromatic N) is 1. The molecule has 3 rings (SSSR count). The van der Waals surface area contributed by atoms with Crippen LogP contribution in [0, 0.1) is 11.6 Å². The average Bonchev–Trinajstić information content (AvgIpc) is 2.70. The van der Waals surface area contributed by atoms with E-state index in [1.54, 1.807) is 28.1 Å². The number of esters is 1. The van der Waals surface area contributed by atoms with E-state index in [1.165, 1.54) is 12.1 Å². The first kappa shape index (κ1) is 24.0. The second kappa shape index (κ2) is 9.86. The summed E-state index contributed by atoms with van der Waals surface area (Å²) in [4.78, 5) is 16.2. The van der Waals surface area contributed by atoms with Crippen molar-refractivity contribution in [1.29, 1.82) is 0 Å². The van der Waals surface area contributed by atoms with E-state index >= 15 is 0 Å². The molecule has 0 fully saturated rings. The number of carbonyl (C=O) groups is 1. The standard InChI is InChI=1S/C19H15F5INO4S/c1-2-28-18(27)14-8-12(10-4-3-9(20)7-13(10)21)11-5-6-15(29-17(11)26-14)16(30-31-25)19(22,23)24/h3-4,7-8,15-16H,2,5-6H2,1H3. The van der Waals surface area contributed by atoms with Gasteiger partial charge < -0.3 is 9.47 Å². The Kier molecular flexibility index (Phi) is 7.63. The zero-order valence-corrected chi connectivity index (χ0v) is 18.8. The molecule has 5 nitrogen and oxygen atoms in total. The number of aromatic nitrogens is 1. The molecule has 1 aromatic heterocycles. The summed E-state index contributed by atoms with van der Waals surface area (Å²) in [6.07, 6.45) is -8.41. The predicted octanol–water partition coefficient (Wildman–Crippen LogP) is 5.84. The summed E-state index contributed by atoms with van der Waals surface area (Å²) in [5.74, 6) is -2.81. The molecule has 0 amide bonds. The number of benzene rings is 1. The lowest BCUT2D eigenvalue weighted by molar-refractivity contribution is -0.215. The summed E-state index contributed by atoms with van der Waals surface area (Å²) >= 11 is 1.57. The fourth-order valence-electron chi connectivity index (χ4n) is 3.21. The van der Waals surface area contributed by atoms with Crippen molar-refractivity contribution in [1.82, 2.24) is 4.98 Å². The second-order valence-corrected chi connectivity index (χ2v) is 7.90. The highest BCUT2D eigenvalue weighted by molar-refractivity contribution is 14.2. The molecule has 0 radical (unpaired) electrons. The molecule has 2 aromatic rings. The maximum Gasteiger partial charge on any atom is 0.419 e. The van der Waals surface area contributed by atoms with Crippen LogP contribution >= 0.6 is 30.4 Å². The summed E-state index contributed by atoms with van der Waals surface area (Å²) in [6.45, 7) is 1.59. The predicted molar refractivity (Wildman–Crippen MR) is 111 cm³/mol. The first-order chi connectivity index (χ1) is 14.7. The summed E-state index contributed by atoms with van der Waals surface area (Å²) in [6, 6.07) is 4.14. The minimum atomic E-state index is -4.70. The van der Waals surface area contributed by atoms with E-state index in [1.807, 2.05) is 0 Å². The molecule has 0 aliphatic carbocycles. The maximum atomic E-state index is 14.5. The van der Waals surface area contributed by atoms with Crippen molar-refractivity contribution in [2.75, 3.05) is 6.61 Å². The highest BCUT2D eigenvalue weighted by Crippen LogP contribution is 2.40. The summed E-state index contributed by atoms with van der Waals surface area (Å²) < 4.78 is 83.2. The second-order valence-electron chi connectivity index (χ2n) is 6.50. The normalized spacial score (nSPS) is 16.9. The number of hydrogen-bond donors (Lipinski definition) is 0. The van der Waals surface area contributed by atoms with Gasteiger partial charge in [0.25, 0.3) is 0 Å². The van der Waals surface area contributed by atoms with Crippen LogP contribution in [0.2, 0.25) is 0 Å². The maximum absolute atomic E-state index is 14.5. The fourth-order valence-corrected chi connectivity index (χ4v) is 4.20. The highest BCUT2D eigenvalue weighted by atomic mass is 127. The third-order valence-corrected chi connectivity index (χ3v) is 5.44. The fraction of sp³-hybridized carbons (Fsp3) is 0.368. The molecule has 0 N–H and O–H groups in total. The smallest absolute Gasteiger partial charge is 0.419 e. The molecule has 0 saturated carbocycles. The largest absolute Gasteiger partial charge is 0.471 e. The minimum absolute atomic E-state index is 0.0260. The van der Waals surface area contributed by atoms with Crippen LogP contribution in [0.3, 0.4) is 0 Å². The van der Waals surface area contributed by atoms with Crippen LogP contribution in [0.4, 0.5) is 22.0 Å². The van der Waals surface area contributed by atoms with Crippen molar-refractivity contribution in [2.45, 2.75) is 38.1 Å². The van der Waals surface area contributed by atoms with E-state index in [-0.39, 0.29) is 42.1 Å². The van der Waals surface area contributed by atoms with Gasteiger partial charge in [-0.1, -0.05) is 0 Å². The first-order valence-corrected chi connectivity index (χ1v) is 12.3. The number of pyridine rings is 1. The van der Waals surface area contributed by atoms with Gasteiger partial charge in [-0.3, -0.25) is 4.18 Å². The van der Waals surface area contributed by atoms with Gasteiger partial charge in [0, 0.05) is 38.4 Å². The van der Waals surface area contributed by atoms with E-state index in [9.17, 15) is 26.7 Å². The van der Waals surface area contributed by atoms with Gasteiger partial charge in [0.1, 0.15) is 17.7 Å². The van der Waals surface area contributed by atoms with Crippen molar-refractivity contribution in [3.05, 3.63) is 47.2 Å². The van der Waals surface area contributed by atoms with Crippen LogP contribution in [0.1, 0.15) is 29.4 Å². The monoisotopic (exact) mass is 575 g/mol. The number of hydrogen-bond acceptors (Lipinski definition) is 6. The van der Waals surface area contributed by atoms with Gasteiger partial charge in [-0.2, -0.15) is 13.2 Å². The van der Waals surface area contributed by atoms with Crippen molar-refractivity contribution in [3.8, 4) is 17.0 Å². The Labute approximate surface area is 190 Å². The SMILES string of the molecule is CCOC(=O)c1cc(-c2ccc(F)cc2F)c2c(n1)OC(C(OSI)C(F)(F)F)CC2. The molecule has 0 bridgehead atoms. The number of ether oxygens (including phenoxy) is 2. The van der Waals surface area contributed by atoms with Gasteiger partial charge in [-0.15, -0.1) is 0 Å². The molecule has 2 atom stereocenters. The number of alkyl halides is 3. The molecule has 1 aromatic carbocycles. The molecular formula is C19H15F5INO4S. The zero-order chi connectivity index (χ0) is 22.8. The van der Waals surface area contributed by atoms with E-state index < -0.39 is 36.0 Å². The summed E-state index contributed by atoms with van der Waals surface area (Å²) in [7, 11) is 0.520. The van der Waals surface area contributed by atoms with Crippen molar-refractivity contribution < 1.29 is 40.4 Å². The summed E-state index contributed by atoms with van der Waals surface area (Å²) in [5.41, 5.74) is 0.154. The zero-order valence-electron chi connectivity index (χ0n) is 15.8. The van der Waals surface area contributed by atoms with Crippen LogP contribution in [0.5, 0.6) is 5.88 Å². The molecule has 1 aliphatic heterocycles. The van der Waals surface area contributed by atoms with Gasteiger partial charge >= 0.3 is 12.1 Å². The number of rotatable bonds is 6. The Morgan fingerprint density at radius 3 is 2.68 bits per heavy atom. The topological polar surface area (TPSA) is 57.7 Å². The lowest BCUT2D eigenvalue weighted by Crippen LogP contribution is -2.45. The molecule has 1 aliphatic rings. The average molecular weight is 575 g/mol. The third-order valence-electron chi connectivity index (χ3n) is 4.53. The minimum Gasteiger partial charge on any atom is -0.471 e. The van der Waals surface area contributed by atoms with Crippen LogP contribution < -0.4 is 4.74 Å². The molecule has 0 saturated heterocycles. The van der Waals surface area contributed by atoms with Crippen LogP contribution in [0.25, 0.3) is 11.1 Å². The van der Waals surface area contributed by atoms with Crippen LogP contribution in [0.15, 0.2) is 24.3 Å². The summed E-state index contributed by atoms with van der Waals surface area (Å²) in [5, 5.41) is 0. The Balaban J connectivity index is 2.09. The number of halogens is 6. The highest BCUT2D eigenvalue weighted by Gasteiger charge is 2.49. The first-order valence-electron chi connectivity index (χ1n) is 8.99. The molecule has 2 heterocycles. The molecule has 31 heavy (non-hydrogen) atoms. The van der Waals surface area contributed by atoms with Gasteiger partial charge in [-0.05, 0) is 43.5 Å². The Hall–Kier alpha value is -1.67. The quantitative estimate of drug-likeness (QED) is 0.187. The Morgan fingerprint density at radius 2 is 2.06 bits per heavy atom. The lowest BCUT2D eigenvalue weighted by Gasteiger charge is -2.32. The van der Waals surface area contributed by atoms with E-state index in [2.05, 4.69) is 4.98 Å². The molecule has 168 valence electrons. The van der Waals surface area contributed by atoms with Crippen molar-refractivity contribution >= 4 is 36.4 Å². The van der Waals surface area contributed by atoms with Gasteiger partial charge in [0.05, 0.1) is 15.8 Å². The van der Waals surface area contributed by atoms with E-state index in [0.29, 0.717) is 20.8 Å². The number of carbonyl (C=O) groups excluding carboxylic acids is 1. The molecule has 12 heteroatoms. The number of fused-ring (bicyclic) bond motifs is 1. The van der Waals surface area contributed by atoms with Crippen molar-refractivity contribution in [3.63, 3.8) is 0 Å². The lowest BCUT2D eigenvalue weighted by atomic mass is 9.92.